The monoisotopic (exact) mass is 328 g/mol. The van der Waals surface area contributed by atoms with Gasteiger partial charge in [0.25, 0.3) is 0 Å². The Morgan fingerprint density at radius 3 is 2.59 bits per heavy atom. The third-order valence-electron chi connectivity index (χ3n) is 4.67. The Bertz CT molecular complexity index is 453. The van der Waals surface area contributed by atoms with E-state index in [4.69, 9.17) is 16.3 Å². The first-order valence-corrected chi connectivity index (χ1v) is 8.58. The fourth-order valence-corrected chi connectivity index (χ4v) is 3.00. The standard InChI is InChI=1S/C18H29ClO3/c1-6-22-16(21)9-15(20)18(5)11-14(18)10-17(3,4)8-7-13(2)12-19/h7,14H,6,8-12H2,1-5H3/b13-7+/t14-,18-/m0/s1. The number of esters is 1. The molecule has 0 unspecified atom stereocenters. The molecule has 1 rings (SSSR count). The van der Waals surface area contributed by atoms with Crippen molar-refractivity contribution in [3.63, 3.8) is 0 Å². The van der Waals surface area contributed by atoms with E-state index in [9.17, 15) is 9.59 Å². The zero-order chi connectivity index (χ0) is 17.0. The second kappa shape index (κ2) is 7.63. The summed E-state index contributed by atoms with van der Waals surface area (Å²) >= 11 is 5.80. The quantitative estimate of drug-likeness (QED) is 0.270. The van der Waals surface area contributed by atoms with Crippen molar-refractivity contribution >= 4 is 23.4 Å². The Labute approximate surface area is 139 Å². The molecule has 0 aromatic heterocycles. The number of alkyl halides is 1. The Balaban J connectivity index is 2.52. The van der Waals surface area contributed by atoms with Gasteiger partial charge in [0.05, 0.1) is 6.61 Å². The molecular formula is C18H29ClO3. The highest BCUT2D eigenvalue weighted by atomic mass is 35.5. The smallest absolute Gasteiger partial charge is 0.313 e. The van der Waals surface area contributed by atoms with Crippen molar-refractivity contribution in [3.8, 4) is 0 Å². The molecule has 1 saturated carbocycles. The van der Waals surface area contributed by atoms with Crippen molar-refractivity contribution in [2.75, 3.05) is 12.5 Å². The van der Waals surface area contributed by atoms with Crippen LogP contribution in [0.15, 0.2) is 11.6 Å². The predicted octanol–water partition coefficient (Wildman–Crippen LogP) is 4.53. The van der Waals surface area contributed by atoms with Gasteiger partial charge in [-0.25, -0.2) is 0 Å². The van der Waals surface area contributed by atoms with Crippen molar-refractivity contribution in [2.45, 2.75) is 60.3 Å². The summed E-state index contributed by atoms with van der Waals surface area (Å²) in [5.41, 5.74) is 0.988. The highest BCUT2D eigenvalue weighted by Crippen LogP contribution is 2.58. The number of halogens is 1. The summed E-state index contributed by atoms with van der Waals surface area (Å²) in [6.07, 6.45) is 4.93. The molecule has 0 spiro atoms. The molecule has 0 bridgehead atoms. The first kappa shape index (κ1) is 19.2. The molecule has 0 radical (unpaired) electrons. The molecule has 1 fully saturated rings. The summed E-state index contributed by atoms with van der Waals surface area (Å²) in [7, 11) is 0. The first-order chi connectivity index (χ1) is 10.1. The van der Waals surface area contributed by atoms with Gasteiger partial charge in [0.2, 0.25) is 0 Å². The van der Waals surface area contributed by atoms with Gasteiger partial charge >= 0.3 is 5.97 Å². The van der Waals surface area contributed by atoms with Crippen molar-refractivity contribution in [1.82, 2.24) is 0 Å². The number of carbonyl (C=O) groups excluding carboxylic acids is 2. The lowest BCUT2D eigenvalue weighted by molar-refractivity contribution is -0.146. The second-order valence-corrected chi connectivity index (χ2v) is 7.75. The number of carbonyl (C=O) groups is 2. The Morgan fingerprint density at radius 1 is 1.41 bits per heavy atom. The van der Waals surface area contributed by atoms with Gasteiger partial charge in [-0.3, -0.25) is 9.59 Å². The largest absolute Gasteiger partial charge is 0.466 e. The maximum Gasteiger partial charge on any atom is 0.313 e. The summed E-state index contributed by atoms with van der Waals surface area (Å²) in [4.78, 5) is 23.8. The van der Waals surface area contributed by atoms with Gasteiger partial charge in [-0.2, -0.15) is 0 Å². The van der Waals surface area contributed by atoms with E-state index < -0.39 is 5.97 Å². The lowest BCUT2D eigenvalue weighted by Crippen LogP contribution is -2.22. The number of Topliss-reactive ketones (excluding diaryl/α,β-unsaturated/α-hetero) is 1. The normalized spacial score (nSPS) is 25.0. The van der Waals surface area contributed by atoms with Crippen LogP contribution in [0.1, 0.15) is 60.3 Å². The molecule has 1 aliphatic carbocycles. The predicted molar refractivity (Wildman–Crippen MR) is 90.0 cm³/mol. The van der Waals surface area contributed by atoms with Crippen LogP contribution in [0.2, 0.25) is 0 Å². The van der Waals surface area contributed by atoms with E-state index in [0.717, 1.165) is 19.3 Å². The van der Waals surface area contributed by atoms with Gasteiger partial charge in [-0.1, -0.05) is 32.4 Å². The van der Waals surface area contributed by atoms with Crippen LogP contribution >= 0.6 is 11.6 Å². The molecule has 4 heteroatoms. The Morgan fingerprint density at radius 2 is 2.05 bits per heavy atom. The zero-order valence-electron chi connectivity index (χ0n) is 14.5. The lowest BCUT2D eigenvalue weighted by Gasteiger charge is -2.24. The van der Waals surface area contributed by atoms with E-state index in [1.165, 1.54) is 5.57 Å². The second-order valence-electron chi connectivity index (χ2n) is 7.48. The third-order valence-corrected chi connectivity index (χ3v) is 5.09. The fraction of sp³-hybridized carbons (Fsp3) is 0.778. The summed E-state index contributed by atoms with van der Waals surface area (Å²) in [6.45, 7) is 10.5. The third kappa shape index (κ3) is 5.42. The molecule has 0 saturated heterocycles. The number of hydrogen-bond acceptors (Lipinski definition) is 3. The van der Waals surface area contributed by atoms with Crippen LogP contribution < -0.4 is 0 Å². The van der Waals surface area contributed by atoms with E-state index in [2.05, 4.69) is 19.9 Å². The molecule has 0 heterocycles. The topological polar surface area (TPSA) is 43.4 Å². The lowest BCUT2D eigenvalue weighted by atomic mass is 9.81. The van der Waals surface area contributed by atoms with Crippen LogP contribution in [-0.4, -0.2) is 24.2 Å². The van der Waals surface area contributed by atoms with Crippen LogP contribution in [0.3, 0.4) is 0 Å². The number of ketones is 1. The molecule has 2 atom stereocenters. The highest BCUT2D eigenvalue weighted by molar-refractivity contribution is 6.19. The summed E-state index contributed by atoms with van der Waals surface area (Å²) in [5, 5.41) is 0. The number of rotatable bonds is 9. The zero-order valence-corrected chi connectivity index (χ0v) is 15.3. The van der Waals surface area contributed by atoms with Crippen LogP contribution in [-0.2, 0) is 14.3 Å². The molecular weight excluding hydrogens is 300 g/mol. The van der Waals surface area contributed by atoms with Gasteiger partial charge in [-0.15, -0.1) is 11.6 Å². The van der Waals surface area contributed by atoms with E-state index in [0.29, 0.717) is 18.4 Å². The van der Waals surface area contributed by atoms with Crippen LogP contribution in [0.4, 0.5) is 0 Å². The molecule has 0 aromatic rings. The molecule has 22 heavy (non-hydrogen) atoms. The minimum Gasteiger partial charge on any atom is -0.466 e. The van der Waals surface area contributed by atoms with E-state index >= 15 is 0 Å². The fourth-order valence-electron chi connectivity index (χ4n) is 2.89. The van der Waals surface area contributed by atoms with Gasteiger partial charge in [-0.05, 0) is 44.4 Å². The van der Waals surface area contributed by atoms with E-state index in [1.54, 1.807) is 6.92 Å². The number of allylic oxidation sites excluding steroid dienone is 2. The van der Waals surface area contributed by atoms with Crippen molar-refractivity contribution in [1.29, 1.82) is 0 Å². The molecule has 126 valence electrons. The molecule has 0 aromatic carbocycles. The molecule has 0 N–H and O–H groups in total. The maximum atomic E-state index is 12.3. The first-order valence-electron chi connectivity index (χ1n) is 8.05. The average Bonchev–Trinajstić information content (AvgIpc) is 3.07. The Kier molecular flexibility index (Phi) is 6.66. The van der Waals surface area contributed by atoms with Crippen molar-refractivity contribution < 1.29 is 14.3 Å². The molecule has 1 aliphatic rings. The highest BCUT2D eigenvalue weighted by Gasteiger charge is 2.56. The minimum absolute atomic E-state index is 0.0271. The summed E-state index contributed by atoms with van der Waals surface area (Å²) in [6, 6.07) is 0. The van der Waals surface area contributed by atoms with Gasteiger partial charge in [0, 0.05) is 11.3 Å². The van der Waals surface area contributed by atoms with E-state index in [-0.39, 0.29) is 23.0 Å². The van der Waals surface area contributed by atoms with Gasteiger partial charge in [0.15, 0.2) is 0 Å². The van der Waals surface area contributed by atoms with Gasteiger partial charge < -0.3 is 4.74 Å². The Hall–Kier alpha value is -0.830. The van der Waals surface area contributed by atoms with E-state index in [1.807, 2.05) is 13.8 Å². The minimum atomic E-state index is -0.403. The summed E-state index contributed by atoms with van der Waals surface area (Å²) < 4.78 is 4.87. The van der Waals surface area contributed by atoms with Crippen LogP contribution in [0.25, 0.3) is 0 Å². The summed E-state index contributed by atoms with van der Waals surface area (Å²) in [5.74, 6) is 0.558. The van der Waals surface area contributed by atoms with Gasteiger partial charge in [0.1, 0.15) is 12.2 Å². The maximum absolute atomic E-state index is 12.3. The van der Waals surface area contributed by atoms with Crippen LogP contribution in [0.5, 0.6) is 0 Å². The van der Waals surface area contributed by atoms with Crippen molar-refractivity contribution in [2.24, 2.45) is 16.7 Å². The SMILES string of the molecule is CCOC(=O)CC(=O)[C@@]1(C)C[C@@H]1CC(C)(C)C/C=C(\C)CCl. The molecule has 0 amide bonds. The number of ether oxygens (including phenoxy) is 1. The molecule has 0 aliphatic heterocycles. The number of hydrogen-bond donors (Lipinski definition) is 0. The van der Waals surface area contributed by atoms with Crippen LogP contribution in [0, 0.1) is 16.7 Å². The molecule has 3 nitrogen and oxygen atoms in total. The average molecular weight is 329 g/mol. The van der Waals surface area contributed by atoms with Crippen molar-refractivity contribution in [3.05, 3.63) is 11.6 Å².